The standard InChI is InChI=1S/C16H17F2N3O2/c1-9-4-12(20-19-9)5-10-7-21(8-15(10)22)16(23)13-3-2-11(17)6-14(13)18/h2-4,6,10,15,22H,5,7-8H2,1H3,(H,19,20)/t10-,15+/m1/s1. The molecule has 122 valence electrons. The van der Waals surface area contributed by atoms with Gasteiger partial charge in [0.1, 0.15) is 11.6 Å². The maximum absolute atomic E-state index is 13.7. The smallest absolute Gasteiger partial charge is 0.256 e. The first-order chi connectivity index (χ1) is 10.9. The second-order valence-electron chi connectivity index (χ2n) is 5.91. The van der Waals surface area contributed by atoms with Crippen LogP contribution in [0.5, 0.6) is 0 Å². The van der Waals surface area contributed by atoms with E-state index in [0.717, 1.165) is 23.5 Å². The highest BCUT2D eigenvalue weighted by Gasteiger charge is 2.35. The highest BCUT2D eigenvalue weighted by Crippen LogP contribution is 2.23. The number of aliphatic hydroxyl groups excluding tert-OH is 1. The average molecular weight is 321 g/mol. The Morgan fingerprint density at radius 3 is 2.83 bits per heavy atom. The van der Waals surface area contributed by atoms with Crippen molar-refractivity contribution in [2.75, 3.05) is 13.1 Å². The van der Waals surface area contributed by atoms with E-state index in [4.69, 9.17) is 0 Å². The first-order valence-electron chi connectivity index (χ1n) is 7.37. The molecule has 0 saturated carbocycles. The third-order valence-corrected chi connectivity index (χ3v) is 4.09. The van der Waals surface area contributed by atoms with Crippen molar-refractivity contribution in [3.63, 3.8) is 0 Å². The molecule has 2 atom stereocenters. The summed E-state index contributed by atoms with van der Waals surface area (Å²) in [7, 11) is 0. The molecule has 0 bridgehead atoms. The van der Waals surface area contributed by atoms with Crippen molar-refractivity contribution in [2.24, 2.45) is 5.92 Å². The highest BCUT2D eigenvalue weighted by molar-refractivity contribution is 5.94. The molecular weight excluding hydrogens is 304 g/mol. The maximum atomic E-state index is 13.7. The van der Waals surface area contributed by atoms with Crippen LogP contribution in [0, 0.1) is 24.5 Å². The van der Waals surface area contributed by atoms with Gasteiger partial charge in [0.15, 0.2) is 0 Å². The van der Waals surface area contributed by atoms with Crippen LogP contribution in [0.1, 0.15) is 21.7 Å². The Bertz CT molecular complexity index is 732. The number of amides is 1. The van der Waals surface area contributed by atoms with E-state index in [1.807, 2.05) is 13.0 Å². The molecule has 2 aromatic rings. The highest BCUT2D eigenvalue weighted by atomic mass is 19.1. The number of aromatic nitrogens is 2. The molecule has 2 N–H and O–H groups in total. The number of carbonyl (C=O) groups excluding carboxylic acids is 1. The van der Waals surface area contributed by atoms with Gasteiger partial charge in [-0.1, -0.05) is 0 Å². The monoisotopic (exact) mass is 321 g/mol. The molecule has 0 unspecified atom stereocenters. The summed E-state index contributed by atoms with van der Waals surface area (Å²) in [5.74, 6) is -2.32. The average Bonchev–Trinajstić information content (AvgIpc) is 3.05. The number of hydrogen-bond acceptors (Lipinski definition) is 3. The number of nitrogens with one attached hydrogen (secondary N) is 1. The Hall–Kier alpha value is -2.28. The maximum Gasteiger partial charge on any atom is 0.256 e. The van der Waals surface area contributed by atoms with Gasteiger partial charge in [0.2, 0.25) is 0 Å². The van der Waals surface area contributed by atoms with Gasteiger partial charge in [0.05, 0.1) is 17.4 Å². The third kappa shape index (κ3) is 3.24. The zero-order valence-electron chi connectivity index (χ0n) is 12.6. The number of carbonyl (C=O) groups is 1. The number of rotatable bonds is 3. The van der Waals surface area contributed by atoms with Gasteiger partial charge in [-0.3, -0.25) is 9.89 Å². The Morgan fingerprint density at radius 2 is 2.17 bits per heavy atom. The molecule has 2 heterocycles. The molecule has 1 fully saturated rings. The number of aryl methyl sites for hydroxylation is 1. The fourth-order valence-electron chi connectivity index (χ4n) is 2.90. The number of aliphatic hydroxyl groups is 1. The summed E-state index contributed by atoms with van der Waals surface area (Å²) in [5.41, 5.74) is 1.55. The van der Waals surface area contributed by atoms with Crippen molar-refractivity contribution in [3.05, 3.63) is 52.9 Å². The molecule has 0 aliphatic carbocycles. The van der Waals surface area contributed by atoms with Crippen molar-refractivity contribution in [2.45, 2.75) is 19.4 Å². The summed E-state index contributed by atoms with van der Waals surface area (Å²) in [6.07, 6.45) is -0.166. The zero-order chi connectivity index (χ0) is 16.6. The molecule has 1 aromatic heterocycles. The third-order valence-electron chi connectivity index (χ3n) is 4.09. The van der Waals surface area contributed by atoms with Gasteiger partial charge in [0, 0.05) is 30.8 Å². The van der Waals surface area contributed by atoms with E-state index in [1.54, 1.807) is 0 Å². The van der Waals surface area contributed by atoms with Crippen molar-refractivity contribution in [3.8, 4) is 0 Å². The lowest BCUT2D eigenvalue weighted by atomic mass is 10.0. The number of halogens is 2. The minimum Gasteiger partial charge on any atom is -0.391 e. The Kier molecular flexibility index (Phi) is 4.12. The van der Waals surface area contributed by atoms with Gasteiger partial charge in [-0.25, -0.2) is 8.78 Å². The van der Waals surface area contributed by atoms with Crippen molar-refractivity contribution in [1.82, 2.24) is 15.1 Å². The first-order valence-corrected chi connectivity index (χ1v) is 7.37. The van der Waals surface area contributed by atoms with Crippen LogP contribution in [-0.4, -0.2) is 45.3 Å². The fraction of sp³-hybridized carbons (Fsp3) is 0.375. The van der Waals surface area contributed by atoms with Crippen LogP contribution in [0.25, 0.3) is 0 Å². The van der Waals surface area contributed by atoms with Crippen LogP contribution in [-0.2, 0) is 6.42 Å². The second-order valence-corrected chi connectivity index (χ2v) is 5.91. The van der Waals surface area contributed by atoms with Crippen LogP contribution < -0.4 is 0 Å². The lowest BCUT2D eigenvalue weighted by molar-refractivity contribution is 0.0760. The van der Waals surface area contributed by atoms with Gasteiger partial charge < -0.3 is 10.0 Å². The molecule has 0 radical (unpaired) electrons. The molecular formula is C16H17F2N3O2. The first kappa shape index (κ1) is 15.6. The predicted octanol–water partition coefficient (Wildman–Crippen LogP) is 1.67. The summed E-state index contributed by atoms with van der Waals surface area (Å²) in [4.78, 5) is 13.8. The van der Waals surface area contributed by atoms with Gasteiger partial charge in [0.25, 0.3) is 5.91 Å². The second kappa shape index (κ2) is 6.08. The van der Waals surface area contributed by atoms with Crippen molar-refractivity contribution >= 4 is 5.91 Å². The number of benzene rings is 1. The summed E-state index contributed by atoms with van der Waals surface area (Å²) >= 11 is 0. The van der Waals surface area contributed by atoms with Gasteiger partial charge in [-0.15, -0.1) is 0 Å². The van der Waals surface area contributed by atoms with Crippen LogP contribution in [0.3, 0.4) is 0 Å². The summed E-state index contributed by atoms with van der Waals surface area (Å²) in [6, 6.07) is 4.75. The molecule has 3 rings (SSSR count). The van der Waals surface area contributed by atoms with Gasteiger partial charge in [-0.2, -0.15) is 5.10 Å². The number of likely N-dealkylation sites (tertiary alicyclic amines) is 1. The van der Waals surface area contributed by atoms with E-state index in [9.17, 15) is 18.7 Å². The largest absolute Gasteiger partial charge is 0.391 e. The minimum atomic E-state index is -0.893. The number of H-pyrrole nitrogens is 1. The Labute approximate surface area is 131 Å². The topological polar surface area (TPSA) is 69.2 Å². The number of β-amino-alcohol motifs (C(OH)–C–C–N with tert-alkyl or cyclic N) is 1. The minimum absolute atomic E-state index is 0.129. The van der Waals surface area contributed by atoms with E-state index in [1.165, 1.54) is 4.90 Å². The van der Waals surface area contributed by atoms with Crippen LogP contribution in [0.15, 0.2) is 24.3 Å². The van der Waals surface area contributed by atoms with Crippen LogP contribution in [0.2, 0.25) is 0 Å². The van der Waals surface area contributed by atoms with Crippen molar-refractivity contribution in [1.29, 1.82) is 0 Å². The number of aromatic amines is 1. The van der Waals surface area contributed by atoms with E-state index in [-0.39, 0.29) is 18.0 Å². The van der Waals surface area contributed by atoms with Gasteiger partial charge >= 0.3 is 0 Å². The quantitative estimate of drug-likeness (QED) is 0.903. The molecule has 1 saturated heterocycles. The molecule has 1 aliphatic heterocycles. The lowest BCUT2D eigenvalue weighted by Gasteiger charge is -2.16. The summed E-state index contributed by atoms with van der Waals surface area (Å²) in [6.45, 7) is 2.32. The van der Waals surface area contributed by atoms with E-state index in [0.29, 0.717) is 19.0 Å². The molecule has 1 aliphatic rings. The van der Waals surface area contributed by atoms with Gasteiger partial charge in [-0.05, 0) is 31.5 Å². The Morgan fingerprint density at radius 1 is 1.39 bits per heavy atom. The zero-order valence-corrected chi connectivity index (χ0v) is 12.6. The molecule has 0 spiro atoms. The van der Waals surface area contributed by atoms with Crippen LogP contribution in [0.4, 0.5) is 8.78 Å². The number of nitrogens with zero attached hydrogens (tertiary/aromatic N) is 2. The van der Waals surface area contributed by atoms with E-state index < -0.39 is 23.6 Å². The van der Waals surface area contributed by atoms with E-state index in [2.05, 4.69) is 10.2 Å². The summed E-state index contributed by atoms with van der Waals surface area (Å²) < 4.78 is 26.7. The molecule has 5 nitrogen and oxygen atoms in total. The Balaban J connectivity index is 1.71. The van der Waals surface area contributed by atoms with Crippen molar-refractivity contribution < 1.29 is 18.7 Å². The molecule has 7 heteroatoms. The molecule has 1 aromatic carbocycles. The lowest BCUT2D eigenvalue weighted by Crippen LogP contribution is -2.30. The normalized spacial score (nSPS) is 21.0. The van der Waals surface area contributed by atoms with Crippen LogP contribution >= 0.6 is 0 Å². The summed E-state index contributed by atoms with van der Waals surface area (Å²) in [5, 5.41) is 17.1. The SMILES string of the molecule is Cc1cc(C[C@@H]2CN(C(=O)c3ccc(F)cc3F)C[C@@H]2O)n[nH]1. The fourth-order valence-corrected chi connectivity index (χ4v) is 2.90. The predicted molar refractivity (Wildman–Crippen MR) is 78.8 cm³/mol. The number of hydrogen-bond donors (Lipinski definition) is 2. The van der Waals surface area contributed by atoms with E-state index >= 15 is 0 Å². The molecule has 23 heavy (non-hydrogen) atoms. The molecule has 1 amide bonds.